The quantitative estimate of drug-likeness (QED) is 0.663. The molecule has 1 aliphatic carbocycles. The van der Waals surface area contributed by atoms with E-state index >= 15 is 0 Å². The number of alkyl halides is 1. The first-order valence-corrected chi connectivity index (χ1v) is 7.14. The van der Waals surface area contributed by atoms with Crippen LogP contribution in [0.3, 0.4) is 0 Å². The van der Waals surface area contributed by atoms with E-state index in [1.807, 2.05) is 0 Å². The predicted molar refractivity (Wildman–Crippen MR) is 72.2 cm³/mol. The summed E-state index contributed by atoms with van der Waals surface area (Å²) in [6.07, 6.45) is 3.17. The topological polar surface area (TPSA) is 60.8 Å². The number of aromatic hydroxyl groups is 2. The molecule has 1 amide bonds. The van der Waals surface area contributed by atoms with Crippen LogP contribution in [0.2, 0.25) is 0 Å². The Bertz CT molecular complexity index is 446. The van der Waals surface area contributed by atoms with Crippen molar-refractivity contribution >= 4 is 21.8 Å². The van der Waals surface area contributed by atoms with Crippen molar-refractivity contribution in [1.82, 2.24) is 4.90 Å². The zero-order valence-corrected chi connectivity index (χ0v) is 11.6. The van der Waals surface area contributed by atoms with Crippen molar-refractivity contribution < 1.29 is 15.0 Å². The lowest BCUT2D eigenvalue weighted by Gasteiger charge is -2.37. The van der Waals surface area contributed by atoms with Crippen LogP contribution in [0.4, 0.5) is 0 Å². The van der Waals surface area contributed by atoms with Crippen molar-refractivity contribution in [2.75, 3.05) is 11.9 Å². The summed E-state index contributed by atoms with van der Waals surface area (Å²) in [5, 5.41) is 19.8. The molecule has 1 aromatic carbocycles. The molecular weight excluding hydrogens is 298 g/mol. The van der Waals surface area contributed by atoms with Gasteiger partial charge in [-0.05, 0) is 37.5 Å². The summed E-state index contributed by atoms with van der Waals surface area (Å²) in [6, 6.07) is 4.29. The summed E-state index contributed by atoms with van der Waals surface area (Å²) >= 11 is 3.34. The zero-order chi connectivity index (χ0) is 13.1. The number of carbonyl (C=O) groups is 1. The molecule has 0 bridgehead atoms. The van der Waals surface area contributed by atoms with Crippen molar-refractivity contribution in [2.45, 2.75) is 25.3 Å². The van der Waals surface area contributed by atoms with Crippen LogP contribution in [-0.4, -0.2) is 38.9 Å². The first-order chi connectivity index (χ1) is 8.63. The largest absolute Gasteiger partial charge is 0.508 e. The van der Waals surface area contributed by atoms with E-state index in [1.54, 1.807) is 4.90 Å². The highest BCUT2D eigenvalue weighted by Crippen LogP contribution is 2.29. The molecule has 1 fully saturated rings. The number of hydrogen-bond donors (Lipinski definition) is 2. The third-order valence-corrected chi connectivity index (χ3v) is 3.67. The number of nitrogens with zero attached hydrogens (tertiary/aromatic N) is 1. The second kappa shape index (κ2) is 5.61. The number of carbonyl (C=O) groups excluding carboxylic acids is 1. The Labute approximate surface area is 114 Å². The molecule has 18 heavy (non-hydrogen) atoms. The Balaban J connectivity index is 2.23. The standard InChI is InChI=1S/C13H16BrNO3/c14-6-7-15(9-2-1-3-9)13(18)11-8-10(16)4-5-12(11)17/h4-5,8-9,16-17H,1-3,6-7H2. The van der Waals surface area contributed by atoms with Gasteiger partial charge in [-0.25, -0.2) is 0 Å². The summed E-state index contributed by atoms with van der Waals surface area (Å²) in [4.78, 5) is 14.1. The van der Waals surface area contributed by atoms with E-state index < -0.39 is 0 Å². The number of rotatable bonds is 4. The minimum absolute atomic E-state index is 0.0106. The first kappa shape index (κ1) is 13.2. The third-order valence-electron chi connectivity index (χ3n) is 3.31. The maximum absolute atomic E-state index is 12.4. The second-order valence-corrected chi connectivity index (χ2v) is 5.27. The average molecular weight is 314 g/mol. The monoisotopic (exact) mass is 313 g/mol. The molecule has 1 saturated carbocycles. The molecule has 2 N–H and O–H groups in total. The Kier molecular flexibility index (Phi) is 4.11. The van der Waals surface area contributed by atoms with E-state index in [4.69, 9.17) is 0 Å². The minimum atomic E-state index is -0.215. The van der Waals surface area contributed by atoms with Gasteiger partial charge < -0.3 is 15.1 Å². The average Bonchev–Trinajstić information content (AvgIpc) is 2.28. The Morgan fingerprint density at radius 3 is 2.67 bits per heavy atom. The molecule has 0 heterocycles. The molecule has 1 aromatic rings. The van der Waals surface area contributed by atoms with Gasteiger partial charge in [0.05, 0.1) is 5.56 Å². The molecule has 5 heteroatoms. The van der Waals surface area contributed by atoms with Gasteiger partial charge in [-0.3, -0.25) is 4.79 Å². The Hall–Kier alpha value is -1.23. The maximum Gasteiger partial charge on any atom is 0.258 e. The van der Waals surface area contributed by atoms with Crippen LogP contribution in [0.1, 0.15) is 29.6 Å². The van der Waals surface area contributed by atoms with E-state index in [2.05, 4.69) is 15.9 Å². The van der Waals surface area contributed by atoms with E-state index in [-0.39, 0.29) is 29.0 Å². The lowest BCUT2D eigenvalue weighted by molar-refractivity contribution is 0.0596. The molecule has 0 radical (unpaired) electrons. The van der Waals surface area contributed by atoms with Gasteiger partial charge in [0, 0.05) is 17.9 Å². The number of phenolic OH excluding ortho intramolecular Hbond substituents is 2. The fourth-order valence-corrected chi connectivity index (χ4v) is 2.47. The highest BCUT2D eigenvalue weighted by Gasteiger charge is 2.30. The number of phenols is 2. The summed E-state index contributed by atoms with van der Waals surface area (Å²) < 4.78 is 0. The van der Waals surface area contributed by atoms with Crippen molar-refractivity contribution in [1.29, 1.82) is 0 Å². The Morgan fingerprint density at radius 1 is 1.39 bits per heavy atom. The lowest BCUT2D eigenvalue weighted by atomic mass is 9.91. The summed E-state index contributed by atoms with van der Waals surface area (Å²) in [6.45, 7) is 0.610. The van der Waals surface area contributed by atoms with Gasteiger partial charge in [-0.1, -0.05) is 15.9 Å². The van der Waals surface area contributed by atoms with E-state index in [1.165, 1.54) is 18.2 Å². The van der Waals surface area contributed by atoms with Crippen LogP contribution in [0.5, 0.6) is 11.5 Å². The molecule has 0 atom stereocenters. The zero-order valence-electron chi connectivity index (χ0n) is 9.97. The molecular formula is C13H16BrNO3. The molecule has 98 valence electrons. The van der Waals surface area contributed by atoms with Crippen LogP contribution in [-0.2, 0) is 0 Å². The fraction of sp³-hybridized carbons (Fsp3) is 0.462. The van der Waals surface area contributed by atoms with Crippen LogP contribution >= 0.6 is 15.9 Å². The number of halogens is 1. The number of benzene rings is 1. The number of amides is 1. The second-order valence-electron chi connectivity index (χ2n) is 4.47. The first-order valence-electron chi connectivity index (χ1n) is 6.02. The van der Waals surface area contributed by atoms with Gasteiger partial charge in [0.25, 0.3) is 5.91 Å². The lowest BCUT2D eigenvalue weighted by Crippen LogP contribution is -2.45. The normalized spacial score (nSPS) is 15.2. The Morgan fingerprint density at radius 2 is 2.11 bits per heavy atom. The molecule has 0 unspecified atom stereocenters. The molecule has 2 rings (SSSR count). The SMILES string of the molecule is O=C(c1cc(O)ccc1O)N(CCBr)C1CCC1. The minimum Gasteiger partial charge on any atom is -0.508 e. The van der Waals surface area contributed by atoms with E-state index in [0.29, 0.717) is 11.9 Å². The van der Waals surface area contributed by atoms with Crippen molar-refractivity contribution in [2.24, 2.45) is 0 Å². The number of hydrogen-bond acceptors (Lipinski definition) is 3. The maximum atomic E-state index is 12.4. The smallest absolute Gasteiger partial charge is 0.258 e. The van der Waals surface area contributed by atoms with Gasteiger partial charge in [0.2, 0.25) is 0 Å². The van der Waals surface area contributed by atoms with Crippen LogP contribution < -0.4 is 0 Å². The molecule has 0 saturated heterocycles. The van der Waals surface area contributed by atoms with Gasteiger partial charge in [0.1, 0.15) is 11.5 Å². The van der Waals surface area contributed by atoms with Crippen LogP contribution in [0.25, 0.3) is 0 Å². The van der Waals surface area contributed by atoms with Crippen molar-refractivity contribution in [3.8, 4) is 11.5 Å². The molecule has 1 aliphatic rings. The molecule has 0 aromatic heterocycles. The van der Waals surface area contributed by atoms with E-state index in [9.17, 15) is 15.0 Å². The van der Waals surface area contributed by atoms with Gasteiger partial charge >= 0.3 is 0 Å². The third kappa shape index (κ3) is 2.61. The highest BCUT2D eigenvalue weighted by atomic mass is 79.9. The predicted octanol–water partition coefficient (Wildman–Crippen LogP) is 2.49. The molecule has 0 aliphatic heterocycles. The van der Waals surface area contributed by atoms with Crippen molar-refractivity contribution in [3.05, 3.63) is 23.8 Å². The van der Waals surface area contributed by atoms with Crippen LogP contribution in [0, 0.1) is 0 Å². The van der Waals surface area contributed by atoms with E-state index in [0.717, 1.165) is 19.3 Å². The highest BCUT2D eigenvalue weighted by molar-refractivity contribution is 9.09. The fourth-order valence-electron chi connectivity index (χ4n) is 2.09. The summed E-state index contributed by atoms with van der Waals surface area (Å²) in [7, 11) is 0. The van der Waals surface area contributed by atoms with Gasteiger partial charge in [-0.15, -0.1) is 0 Å². The van der Waals surface area contributed by atoms with Crippen LogP contribution in [0.15, 0.2) is 18.2 Å². The van der Waals surface area contributed by atoms with Gasteiger partial charge in [-0.2, -0.15) is 0 Å². The van der Waals surface area contributed by atoms with Gasteiger partial charge in [0.15, 0.2) is 0 Å². The molecule has 0 spiro atoms. The van der Waals surface area contributed by atoms with Crippen molar-refractivity contribution in [3.63, 3.8) is 0 Å². The summed E-state index contributed by atoms with van der Waals surface area (Å²) in [5.41, 5.74) is 0.169. The molecule has 4 nitrogen and oxygen atoms in total. The summed E-state index contributed by atoms with van der Waals surface area (Å²) in [5.74, 6) is -0.312.